The molecule has 0 radical (unpaired) electrons. The van der Waals surface area contributed by atoms with Gasteiger partial charge in [0.15, 0.2) is 11.6 Å². The van der Waals surface area contributed by atoms with E-state index in [2.05, 4.69) is 15.2 Å². The number of hydrogen-bond acceptors (Lipinski definition) is 4. The van der Waals surface area contributed by atoms with Crippen molar-refractivity contribution in [3.05, 3.63) is 17.8 Å². The van der Waals surface area contributed by atoms with Crippen molar-refractivity contribution in [2.75, 3.05) is 38.6 Å². The first-order valence-corrected chi connectivity index (χ1v) is 7.99. The first kappa shape index (κ1) is 15.1. The van der Waals surface area contributed by atoms with Crippen LogP contribution in [0.3, 0.4) is 0 Å². The number of aromatic nitrogens is 1. The summed E-state index contributed by atoms with van der Waals surface area (Å²) in [7, 11) is 1.59. The van der Waals surface area contributed by atoms with Crippen molar-refractivity contribution in [2.24, 2.45) is 0 Å². The van der Waals surface area contributed by atoms with Gasteiger partial charge in [-0.05, 0) is 38.4 Å². The van der Waals surface area contributed by atoms with Gasteiger partial charge in [-0.2, -0.15) is 0 Å². The number of piperazine rings is 1. The lowest BCUT2D eigenvalue weighted by molar-refractivity contribution is 0.0678. The number of pyridine rings is 1. The third kappa shape index (κ3) is 3.16. The standard InChI is InChI=1S/C16H24N4O2/c1-12-6-7-14(22-2)15(17-12)18-16(21)20-10-9-19-8-4-3-5-13(19)11-20/h6-7,13H,3-5,8-11H2,1-2H3,(H,17,18,21). The Labute approximate surface area is 131 Å². The number of carbonyl (C=O) groups excluding carboxylic acids is 1. The molecule has 0 bridgehead atoms. The highest BCUT2D eigenvalue weighted by molar-refractivity contribution is 5.89. The van der Waals surface area contributed by atoms with Crippen molar-refractivity contribution in [3.8, 4) is 5.75 Å². The van der Waals surface area contributed by atoms with Crippen LogP contribution in [-0.4, -0.2) is 60.1 Å². The second kappa shape index (κ2) is 6.52. The molecule has 1 aromatic rings. The van der Waals surface area contributed by atoms with E-state index in [0.717, 1.165) is 25.3 Å². The van der Waals surface area contributed by atoms with E-state index in [-0.39, 0.29) is 6.03 Å². The highest BCUT2D eigenvalue weighted by Gasteiger charge is 2.31. The lowest BCUT2D eigenvalue weighted by atomic mass is 10.00. The molecular weight excluding hydrogens is 280 g/mol. The first-order valence-electron chi connectivity index (χ1n) is 7.99. The van der Waals surface area contributed by atoms with Crippen LogP contribution in [0.25, 0.3) is 0 Å². The Bertz CT molecular complexity index is 549. The summed E-state index contributed by atoms with van der Waals surface area (Å²) in [6.45, 7) is 5.62. The third-order valence-electron chi connectivity index (χ3n) is 4.57. The van der Waals surface area contributed by atoms with Crippen LogP contribution in [0.5, 0.6) is 5.75 Å². The van der Waals surface area contributed by atoms with Crippen LogP contribution < -0.4 is 10.1 Å². The topological polar surface area (TPSA) is 57.7 Å². The molecule has 0 spiro atoms. The monoisotopic (exact) mass is 304 g/mol. The van der Waals surface area contributed by atoms with Gasteiger partial charge in [-0.25, -0.2) is 9.78 Å². The van der Waals surface area contributed by atoms with Gasteiger partial charge in [0, 0.05) is 31.4 Å². The predicted molar refractivity (Wildman–Crippen MR) is 85.3 cm³/mol. The number of rotatable bonds is 2. The molecule has 1 unspecified atom stereocenters. The maximum atomic E-state index is 12.5. The van der Waals surface area contributed by atoms with E-state index < -0.39 is 0 Å². The molecule has 6 heteroatoms. The largest absolute Gasteiger partial charge is 0.493 e. The first-order chi connectivity index (χ1) is 10.7. The second-order valence-corrected chi connectivity index (χ2v) is 6.07. The van der Waals surface area contributed by atoms with E-state index >= 15 is 0 Å². The lowest BCUT2D eigenvalue weighted by Gasteiger charge is -2.43. The molecule has 120 valence electrons. The summed E-state index contributed by atoms with van der Waals surface area (Å²) >= 11 is 0. The van der Waals surface area contributed by atoms with Crippen molar-refractivity contribution in [2.45, 2.75) is 32.2 Å². The van der Waals surface area contributed by atoms with Gasteiger partial charge in [0.2, 0.25) is 0 Å². The Morgan fingerprint density at radius 2 is 2.18 bits per heavy atom. The highest BCUT2D eigenvalue weighted by Crippen LogP contribution is 2.24. The molecule has 2 fully saturated rings. The van der Waals surface area contributed by atoms with E-state index in [1.807, 2.05) is 24.0 Å². The Morgan fingerprint density at radius 3 is 3.00 bits per heavy atom. The molecule has 2 aliphatic rings. The van der Waals surface area contributed by atoms with Gasteiger partial charge >= 0.3 is 6.03 Å². The zero-order valence-electron chi connectivity index (χ0n) is 13.3. The minimum absolute atomic E-state index is 0.0818. The van der Waals surface area contributed by atoms with Crippen LogP contribution in [0.2, 0.25) is 0 Å². The molecule has 22 heavy (non-hydrogen) atoms. The van der Waals surface area contributed by atoms with Crippen LogP contribution in [0.1, 0.15) is 25.0 Å². The van der Waals surface area contributed by atoms with Crippen molar-refractivity contribution in [3.63, 3.8) is 0 Å². The van der Waals surface area contributed by atoms with Crippen LogP contribution in [0.15, 0.2) is 12.1 Å². The number of piperidine rings is 1. The Kier molecular flexibility index (Phi) is 4.47. The van der Waals surface area contributed by atoms with Crippen LogP contribution >= 0.6 is 0 Å². The SMILES string of the molecule is COc1ccc(C)nc1NC(=O)N1CCN2CCCCC2C1. The van der Waals surface area contributed by atoms with Gasteiger partial charge in [0.1, 0.15) is 0 Å². The number of fused-ring (bicyclic) bond motifs is 1. The van der Waals surface area contributed by atoms with Gasteiger partial charge in [0.05, 0.1) is 7.11 Å². The molecule has 1 N–H and O–H groups in total. The molecule has 0 aliphatic carbocycles. The van der Waals surface area contributed by atoms with Gasteiger partial charge < -0.3 is 9.64 Å². The fourth-order valence-electron chi connectivity index (χ4n) is 3.32. The average Bonchev–Trinajstić information content (AvgIpc) is 2.54. The van der Waals surface area contributed by atoms with Crippen molar-refractivity contribution in [1.82, 2.24) is 14.8 Å². The van der Waals surface area contributed by atoms with Gasteiger partial charge in [-0.1, -0.05) is 6.42 Å². The number of nitrogens with one attached hydrogen (secondary N) is 1. The molecular formula is C16H24N4O2. The molecule has 2 aliphatic heterocycles. The highest BCUT2D eigenvalue weighted by atomic mass is 16.5. The normalized spacial score (nSPS) is 22.1. The van der Waals surface area contributed by atoms with E-state index in [9.17, 15) is 4.79 Å². The zero-order valence-corrected chi connectivity index (χ0v) is 13.3. The predicted octanol–water partition coefficient (Wildman–Crippen LogP) is 2.10. The minimum Gasteiger partial charge on any atom is -0.493 e. The fourth-order valence-corrected chi connectivity index (χ4v) is 3.32. The average molecular weight is 304 g/mol. The van der Waals surface area contributed by atoms with Crippen molar-refractivity contribution < 1.29 is 9.53 Å². The zero-order chi connectivity index (χ0) is 15.5. The summed E-state index contributed by atoms with van der Waals surface area (Å²) in [5.74, 6) is 1.09. The van der Waals surface area contributed by atoms with E-state index in [0.29, 0.717) is 17.6 Å². The van der Waals surface area contributed by atoms with Crippen molar-refractivity contribution in [1.29, 1.82) is 0 Å². The van der Waals surface area contributed by atoms with E-state index in [1.165, 1.54) is 25.8 Å². The fraction of sp³-hybridized carbons (Fsp3) is 0.625. The quantitative estimate of drug-likeness (QED) is 0.909. The lowest BCUT2D eigenvalue weighted by Crippen LogP contribution is -2.56. The molecule has 2 saturated heterocycles. The van der Waals surface area contributed by atoms with Crippen LogP contribution in [0.4, 0.5) is 10.6 Å². The summed E-state index contributed by atoms with van der Waals surface area (Å²) in [4.78, 5) is 21.3. The number of ether oxygens (including phenoxy) is 1. The number of urea groups is 1. The summed E-state index contributed by atoms with van der Waals surface area (Å²) in [6, 6.07) is 4.13. The number of hydrogen-bond donors (Lipinski definition) is 1. The Hall–Kier alpha value is -1.82. The molecule has 2 amide bonds. The molecule has 0 aromatic carbocycles. The van der Waals surface area contributed by atoms with Gasteiger partial charge in [0.25, 0.3) is 0 Å². The Morgan fingerprint density at radius 1 is 1.32 bits per heavy atom. The van der Waals surface area contributed by atoms with Gasteiger partial charge in [-0.15, -0.1) is 0 Å². The summed E-state index contributed by atoms with van der Waals surface area (Å²) in [5.41, 5.74) is 0.855. The molecule has 3 rings (SSSR count). The van der Waals surface area contributed by atoms with E-state index in [1.54, 1.807) is 7.11 Å². The van der Waals surface area contributed by atoms with Gasteiger partial charge in [-0.3, -0.25) is 10.2 Å². The summed E-state index contributed by atoms with van der Waals surface area (Å²) in [6.07, 6.45) is 3.74. The number of methoxy groups -OCH3 is 1. The Balaban J connectivity index is 1.66. The number of carbonyl (C=O) groups is 1. The summed E-state index contributed by atoms with van der Waals surface area (Å²) < 4.78 is 5.27. The number of amides is 2. The number of nitrogens with zero attached hydrogens (tertiary/aromatic N) is 3. The summed E-state index contributed by atoms with van der Waals surface area (Å²) in [5, 5.41) is 2.90. The smallest absolute Gasteiger partial charge is 0.323 e. The molecule has 3 heterocycles. The molecule has 1 atom stereocenters. The van der Waals surface area contributed by atoms with Crippen LogP contribution in [-0.2, 0) is 0 Å². The van der Waals surface area contributed by atoms with Crippen LogP contribution in [0, 0.1) is 6.92 Å². The number of aryl methyl sites for hydroxylation is 1. The maximum absolute atomic E-state index is 12.5. The van der Waals surface area contributed by atoms with E-state index in [4.69, 9.17) is 4.74 Å². The third-order valence-corrected chi connectivity index (χ3v) is 4.57. The second-order valence-electron chi connectivity index (χ2n) is 6.07. The number of anilines is 1. The minimum atomic E-state index is -0.0818. The van der Waals surface area contributed by atoms with Crippen molar-refractivity contribution >= 4 is 11.8 Å². The molecule has 6 nitrogen and oxygen atoms in total. The molecule has 0 saturated carbocycles. The molecule has 1 aromatic heterocycles. The maximum Gasteiger partial charge on any atom is 0.323 e.